The summed E-state index contributed by atoms with van der Waals surface area (Å²) in [6, 6.07) is 1.16. The van der Waals surface area contributed by atoms with E-state index in [1.54, 1.807) is 0 Å². The van der Waals surface area contributed by atoms with Gasteiger partial charge in [-0.3, -0.25) is 9.59 Å². The highest BCUT2D eigenvalue weighted by Gasteiger charge is 2.17. The number of hydrogen-bond acceptors (Lipinski definition) is 4. The number of amides is 1. The maximum atomic E-state index is 12.1. The van der Waals surface area contributed by atoms with E-state index in [2.05, 4.69) is 10.3 Å². The van der Waals surface area contributed by atoms with Crippen molar-refractivity contribution < 1.29 is 15.0 Å². The Kier molecular flexibility index (Phi) is 2.88. The van der Waals surface area contributed by atoms with Crippen LogP contribution in [0.4, 0.5) is 0 Å². The lowest BCUT2D eigenvalue weighted by atomic mass is 10.1. The molecule has 1 amide bonds. The fraction of sp³-hybridized carbons (Fsp3) is 0.0909. The number of aromatic amines is 1. The number of H-pyrrole nitrogens is 1. The number of carbonyl (C=O) groups is 1. The summed E-state index contributed by atoms with van der Waals surface area (Å²) in [5, 5.41) is 20.8. The Morgan fingerprint density at radius 3 is 2.72 bits per heavy atom. The van der Waals surface area contributed by atoms with Crippen molar-refractivity contribution in [3.8, 4) is 11.5 Å². The van der Waals surface area contributed by atoms with Crippen LogP contribution in [-0.4, -0.2) is 28.2 Å². The molecule has 0 fully saturated rings. The molecule has 0 saturated heterocycles. The maximum Gasteiger partial charge on any atom is 0.256 e. The summed E-state index contributed by atoms with van der Waals surface area (Å²) in [6.07, 6.45) is 1.22. The monoisotopic (exact) mass is 268 g/mol. The van der Waals surface area contributed by atoms with Crippen molar-refractivity contribution in [2.24, 2.45) is 0 Å². The van der Waals surface area contributed by atoms with Gasteiger partial charge in [0.05, 0.1) is 15.9 Å². The second-order valence-corrected chi connectivity index (χ2v) is 3.97. The molecular weight excluding hydrogens is 260 g/mol. The first-order valence-corrected chi connectivity index (χ1v) is 5.33. The number of halogens is 1. The van der Waals surface area contributed by atoms with Crippen molar-refractivity contribution in [2.45, 2.75) is 0 Å². The van der Waals surface area contributed by atoms with Gasteiger partial charge in [0, 0.05) is 19.3 Å². The average Bonchev–Trinajstić information content (AvgIpc) is 2.35. The molecule has 0 unspecified atom stereocenters. The number of fused-ring (bicyclic) bond motifs is 1. The summed E-state index contributed by atoms with van der Waals surface area (Å²) in [7, 11) is 1.39. The number of rotatable bonds is 1. The van der Waals surface area contributed by atoms with Gasteiger partial charge < -0.3 is 20.5 Å². The number of phenolic OH excluding ortho intramolecular Hbond substituents is 2. The van der Waals surface area contributed by atoms with Gasteiger partial charge in [-0.2, -0.15) is 0 Å². The van der Waals surface area contributed by atoms with Gasteiger partial charge in [0.15, 0.2) is 11.5 Å². The molecule has 7 heteroatoms. The Balaban J connectivity index is 2.91. The lowest BCUT2D eigenvalue weighted by molar-refractivity contribution is 0.0962. The van der Waals surface area contributed by atoms with Crippen LogP contribution in [-0.2, 0) is 0 Å². The van der Waals surface area contributed by atoms with Crippen molar-refractivity contribution in [2.75, 3.05) is 7.05 Å². The third-order valence-corrected chi connectivity index (χ3v) is 2.90. The third kappa shape index (κ3) is 1.67. The molecule has 4 N–H and O–H groups in total. The van der Waals surface area contributed by atoms with Gasteiger partial charge in [-0.1, -0.05) is 11.6 Å². The van der Waals surface area contributed by atoms with Gasteiger partial charge >= 0.3 is 0 Å². The van der Waals surface area contributed by atoms with Crippen molar-refractivity contribution in [1.82, 2.24) is 10.3 Å². The number of nitrogens with one attached hydrogen (secondary N) is 2. The fourth-order valence-corrected chi connectivity index (χ4v) is 1.90. The number of phenols is 2. The topological polar surface area (TPSA) is 102 Å². The third-order valence-electron chi connectivity index (χ3n) is 2.54. The standard InChI is InChI=1S/C11H9ClN2O4/c1-13-11(18)4-3-14-5-2-6(15)10(17)8(12)7(5)9(4)16/h2-3,15,17H,1H3,(H,13,18)(H,14,16). The SMILES string of the molecule is CNC(=O)c1c[nH]c2cc(O)c(O)c(Cl)c2c1=O. The van der Waals surface area contributed by atoms with Crippen molar-refractivity contribution in [3.63, 3.8) is 0 Å². The number of benzene rings is 1. The fourth-order valence-electron chi connectivity index (χ4n) is 1.62. The summed E-state index contributed by atoms with van der Waals surface area (Å²) in [5.74, 6) is -1.61. The molecular formula is C11H9ClN2O4. The molecule has 0 atom stereocenters. The highest BCUT2D eigenvalue weighted by molar-refractivity contribution is 6.37. The predicted molar refractivity (Wildman–Crippen MR) is 66.3 cm³/mol. The molecule has 1 aromatic carbocycles. The highest BCUT2D eigenvalue weighted by atomic mass is 35.5. The van der Waals surface area contributed by atoms with Crippen molar-refractivity contribution >= 4 is 28.4 Å². The first-order valence-electron chi connectivity index (χ1n) is 4.95. The Morgan fingerprint density at radius 1 is 1.44 bits per heavy atom. The molecule has 0 aliphatic heterocycles. The number of carbonyl (C=O) groups excluding carboxylic acids is 1. The minimum Gasteiger partial charge on any atom is -0.504 e. The van der Waals surface area contributed by atoms with Gasteiger partial charge in [0.2, 0.25) is 5.43 Å². The van der Waals surface area contributed by atoms with E-state index in [4.69, 9.17) is 11.6 Å². The van der Waals surface area contributed by atoms with E-state index in [-0.39, 0.29) is 21.5 Å². The van der Waals surface area contributed by atoms with E-state index >= 15 is 0 Å². The van der Waals surface area contributed by atoms with Crippen LogP contribution in [0.15, 0.2) is 17.1 Å². The summed E-state index contributed by atoms with van der Waals surface area (Å²) < 4.78 is 0. The molecule has 6 nitrogen and oxygen atoms in total. The lowest BCUT2D eigenvalue weighted by Crippen LogP contribution is -2.25. The van der Waals surface area contributed by atoms with Gasteiger partial charge in [0.1, 0.15) is 5.56 Å². The second-order valence-electron chi connectivity index (χ2n) is 3.59. The quantitative estimate of drug-likeness (QED) is 0.578. The van der Waals surface area contributed by atoms with Crippen LogP contribution in [0.25, 0.3) is 10.9 Å². The molecule has 0 bridgehead atoms. The highest BCUT2D eigenvalue weighted by Crippen LogP contribution is 2.37. The first-order chi connectivity index (χ1) is 8.47. The minimum absolute atomic E-state index is 0.0481. The second kappa shape index (κ2) is 4.23. The molecule has 0 saturated carbocycles. The molecule has 2 aromatic rings. The van der Waals surface area contributed by atoms with Crippen LogP contribution in [0.1, 0.15) is 10.4 Å². The lowest BCUT2D eigenvalue weighted by Gasteiger charge is -2.06. The van der Waals surface area contributed by atoms with Crippen molar-refractivity contribution in [1.29, 1.82) is 0 Å². The number of pyridine rings is 1. The number of aromatic nitrogens is 1. The molecule has 1 aromatic heterocycles. The van der Waals surface area contributed by atoms with E-state index < -0.39 is 22.8 Å². The zero-order valence-electron chi connectivity index (χ0n) is 9.24. The average molecular weight is 269 g/mol. The van der Waals surface area contributed by atoms with Crippen LogP contribution in [0.3, 0.4) is 0 Å². The van der Waals surface area contributed by atoms with Gasteiger partial charge in [-0.15, -0.1) is 0 Å². The van der Waals surface area contributed by atoms with Crippen molar-refractivity contribution in [3.05, 3.63) is 33.1 Å². The molecule has 0 spiro atoms. The Hall–Kier alpha value is -2.21. The Labute approximate surface area is 106 Å². The molecule has 18 heavy (non-hydrogen) atoms. The first kappa shape index (κ1) is 12.3. The Morgan fingerprint density at radius 2 is 2.11 bits per heavy atom. The summed E-state index contributed by atoms with van der Waals surface area (Å²) in [6.45, 7) is 0. The van der Waals surface area contributed by atoms with E-state index in [1.165, 1.54) is 13.2 Å². The van der Waals surface area contributed by atoms with Gasteiger partial charge in [0.25, 0.3) is 5.91 Å². The summed E-state index contributed by atoms with van der Waals surface area (Å²) >= 11 is 5.79. The molecule has 2 rings (SSSR count). The summed E-state index contributed by atoms with van der Waals surface area (Å²) in [4.78, 5) is 26.2. The van der Waals surface area contributed by atoms with E-state index in [1.807, 2.05) is 0 Å². The molecule has 0 aliphatic carbocycles. The number of hydrogen-bond donors (Lipinski definition) is 4. The molecule has 0 aliphatic rings. The van der Waals surface area contributed by atoms with Crippen LogP contribution in [0.2, 0.25) is 5.02 Å². The van der Waals surface area contributed by atoms with Crippen LogP contribution in [0.5, 0.6) is 11.5 Å². The normalized spacial score (nSPS) is 10.6. The molecule has 0 radical (unpaired) electrons. The van der Waals surface area contributed by atoms with Crippen LogP contribution < -0.4 is 10.7 Å². The minimum atomic E-state index is -0.622. The van der Waals surface area contributed by atoms with Crippen LogP contribution >= 0.6 is 11.6 Å². The van der Waals surface area contributed by atoms with Gasteiger partial charge in [-0.25, -0.2) is 0 Å². The van der Waals surface area contributed by atoms with E-state index in [0.29, 0.717) is 0 Å². The predicted octanol–water partition coefficient (Wildman–Crippen LogP) is 0.952. The van der Waals surface area contributed by atoms with E-state index in [9.17, 15) is 19.8 Å². The van der Waals surface area contributed by atoms with Crippen LogP contribution in [0, 0.1) is 0 Å². The summed E-state index contributed by atoms with van der Waals surface area (Å²) in [5.41, 5.74) is -0.520. The Bertz CT molecular complexity index is 708. The zero-order chi connectivity index (χ0) is 13.4. The largest absolute Gasteiger partial charge is 0.504 e. The smallest absolute Gasteiger partial charge is 0.256 e. The zero-order valence-corrected chi connectivity index (χ0v) is 10.00. The number of aromatic hydroxyl groups is 2. The van der Waals surface area contributed by atoms with Gasteiger partial charge in [-0.05, 0) is 0 Å². The maximum absolute atomic E-state index is 12.1. The van der Waals surface area contributed by atoms with E-state index in [0.717, 1.165) is 6.07 Å². The molecule has 1 heterocycles. The molecule has 94 valence electrons.